The fourth-order valence-corrected chi connectivity index (χ4v) is 4.15. The van der Waals surface area contributed by atoms with Crippen LogP contribution >= 0.6 is 11.6 Å². The Kier molecular flexibility index (Phi) is 4.32. The topological polar surface area (TPSA) is 85.6 Å². The highest BCUT2D eigenvalue weighted by molar-refractivity contribution is 7.91. The van der Waals surface area contributed by atoms with Gasteiger partial charge in [-0.2, -0.15) is 0 Å². The van der Waals surface area contributed by atoms with Gasteiger partial charge in [-0.1, -0.05) is 23.7 Å². The van der Waals surface area contributed by atoms with E-state index in [4.69, 9.17) is 20.8 Å². The predicted molar refractivity (Wildman–Crippen MR) is 84.8 cm³/mol. The van der Waals surface area contributed by atoms with Crippen LogP contribution in [0.1, 0.15) is 17.0 Å². The zero-order valence-electron chi connectivity index (χ0n) is 12.0. The molecule has 0 bridgehead atoms. The second-order valence-electron chi connectivity index (χ2n) is 5.22. The van der Waals surface area contributed by atoms with Crippen molar-refractivity contribution in [1.82, 2.24) is 5.32 Å². The predicted octanol–water partition coefficient (Wildman–Crippen LogP) is 2.64. The van der Waals surface area contributed by atoms with E-state index < -0.39 is 15.7 Å². The molecule has 2 aromatic rings. The SMILES string of the molecule is O=C(N[C@@H]1CCS(=O)(=O)C1)c1ccc(Oc2ccccc2Cl)o1. The highest BCUT2D eigenvalue weighted by Crippen LogP contribution is 2.29. The second kappa shape index (κ2) is 6.25. The summed E-state index contributed by atoms with van der Waals surface area (Å²) in [5.41, 5.74) is 0. The first-order chi connectivity index (χ1) is 10.9. The van der Waals surface area contributed by atoms with E-state index in [0.29, 0.717) is 17.2 Å². The van der Waals surface area contributed by atoms with Crippen LogP contribution in [0, 0.1) is 0 Å². The van der Waals surface area contributed by atoms with E-state index in [0.717, 1.165) is 0 Å². The van der Waals surface area contributed by atoms with Crippen LogP contribution in [0.5, 0.6) is 11.7 Å². The monoisotopic (exact) mass is 355 g/mol. The Labute approximate surface area is 138 Å². The summed E-state index contributed by atoms with van der Waals surface area (Å²) in [6, 6.07) is 9.46. The van der Waals surface area contributed by atoms with Crippen LogP contribution in [0.25, 0.3) is 0 Å². The van der Waals surface area contributed by atoms with E-state index in [-0.39, 0.29) is 29.3 Å². The van der Waals surface area contributed by atoms with Crippen molar-refractivity contribution in [3.8, 4) is 11.7 Å². The number of halogens is 1. The number of nitrogens with one attached hydrogen (secondary N) is 1. The lowest BCUT2D eigenvalue weighted by Crippen LogP contribution is -2.35. The molecule has 0 radical (unpaired) electrons. The molecule has 1 N–H and O–H groups in total. The Morgan fingerprint density at radius 1 is 1.26 bits per heavy atom. The third-order valence-corrected chi connectivity index (χ3v) is 5.50. The molecular formula is C15H14ClNO5S. The number of ether oxygens (including phenoxy) is 1. The smallest absolute Gasteiger partial charge is 0.290 e. The van der Waals surface area contributed by atoms with E-state index in [1.807, 2.05) is 0 Å². The molecule has 1 aliphatic rings. The molecule has 1 amide bonds. The van der Waals surface area contributed by atoms with Crippen molar-refractivity contribution in [3.63, 3.8) is 0 Å². The summed E-state index contributed by atoms with van der Waals surface area (Å²) in [5.74, 6) is 0.177. The van der Waals surface area contributed by atoms with Gasteiger partial charge in [-0.25, -0.2) is 8.42 Å². The molecule has 122 valence electrons. The first kappa shape index (κ1) is 15.9. The van der Waals surface area contributed by atoms with Gasteiger partial charge in [0.1, 0.15) is 5.75 Å². The fraction of sp³-hybridized carbons (Fsp3) is 0.267. The Morgan fingerprint density at radius 3 is 2.74 bits per heavy atom. The largest absolute Gasteiger partial charge is 0.424 e. The highest BCUT2D eigenvalue weighted by atomic mass is 35.5. The van der Waals surface area contributed by atoms with Crippen LogP contribution in [0.2, 0.25) is 5.02 Å². The molecule has 1 fully saturated rings. The van der Waals surface area contributed by atoms with Crippen molar-refractivity contribution in [2.75, 3.05) is 11.5 Å². The number of hydrogen-bond acceptors (Lipinski definition) is 5. The van der Waals surface area contributed by atoms with Gasteiger partial charge >= 0.3 is 0 Å². The molecule has 3 rings (SSSR count). The molecule has 1 atom stereocenters. The van der Waals surface area contributed by atoms with Gasteiger partial charge in [0.25, 0.3) is 11.9 Å². The van der Waals surface area contributed by atoms with Crippen molar-refractivity contribution in [2.24, 2.45) is 0 Å². The summed E-state index contributed by atoms with van der Waals surface area (Å²) in [7, 11) is -3.05. The van der Waals surface area contributed by atoms with Crippen LogP contribution in [-0.2, 0) is 9.84 Å². The number of sulfone groups is 1. The van der Waals surface area contributed by atoms with E-state index in [1.165, 1.54) is 12.1 Å². The van der Waals surface area contributed by atoms with Gasteiger partial charge in [0.15, 0.2) is 15.6 Å². The number of para-hydroxylation sites is 1. The minimum Gasteiger partial charge on any atom is -0.424 e. The fourth-order valence-electron chi connectivity index (χ4n) is 2.30. The van der Waals surface area contributed by atoms with Gasteiger partial charge in [0, 0.05) is 12.1 Å². The van der Waals surface area contributed by atoms with Gasteiger partial charge in [0.2, 0.25) is 0 Å². The van der Waals surface area contributed by atoms with Gasteiger partial charge in [-0.15, -0.1) is 0 Å². The molecule has 8 heteroatoms. The summed E-state index contributed by atoms with van der Waals surface area (Å²) in [6.07, 6.45) is 0.414. The average molecular weight is 356 g/mol. The summed E-state index contributed by atoms with van der Waals surface area (Å²) in [6.45, 7) is 0. The number of carbonyl (C=O) groups excluding carboxylic acids is 1. The Balaban J connectivity index is 1.65. The molecule has 0 spiro atoms. The Bertz CT molecular complexity index is 830. The maximum Gasteiger partial charge on any atom is 0.290 e. The zero-order chi connectivity index (χ0) is 16.4. The number of benzene rings is 1. The third-order valence-electron chi connectivity index (χ3n) is 3.42. The molecule has 6 nitrogen and oxygen atoms in total. The van der Waals surface area contributed by atoms with E-state index in [9.17, 15) is 13.2 Å². The molecule has 0 aliphatic carbocycles. The lowest BCUT2D eigenvalue weighted by atomic mass is 10.2. The van der Waals surface area contributed by atoms with Crippen molar-refractivity contribution in [2.45, 2.75) is 12.5 Å². The Hall–Kier alpha value is -1.99. The number of carbonyl (C=O) groups is 1. The number of hydrogen-bond donors (Lipinski definition) is 1. The first-order valence-electron chi connectivity index (χ1n) is 6.96. The van der Waals surface area contributed by atoms with Crippen molar-refractivity contribution >= 4 is 27.3 Å². The summed E-state index contributed by atoms with van der Waals surface area (Å²) in [5, 5.41) is 3.07. The van der Waals surface area contributed by atoms with Crippen LogP contribution in [0.4, 0.5) is 0 Å². The lowest BCUT2D eigenvalue weighted by Gasteiger charge is -2.08. The number of amides is 1. The van der Waals surface area contributed by atoms with E-state index in [2.05, 4.69) is 5.32 Å². The van der Waals surface area contributed by atoms with Crippen LogP contribution in [-0.4, -0.2) is 31.9 Å². The zero-order valence-corrected chi connectivity index (χ0v) is 13.6. The molecule has 1 aliphatic heterocycles. The summed E-state index contributed by atoms with van der Waals surface area (Å²) < 4.78 is 33.6. The van der Waals surface area contributed by atoms with Gasteiger partial charge in [-0.05, 0) is 24.6 Å². The molecule has 23 heavy (non-hydrogen) atoms. The minimum absolute atomic E-state index is 0.0393. The minimum atomic E-state index is -3.05. The molecular weight excluding hydrogens is 342 g/mol. The summed E-state index contributed by atoms with van der Waals surface area (Å²) >= 11 is 5.98. The van der Waals surface area contributed by atoms with Crippen molar-refractivity contribution in [1.29, 1.82) is 0 Å². The maximum atomic E-state index is 12.1. The van der Waals surface area contributed by atoms with Crippen molar-refractivity contribution in [3.05, 3.63) is 47.2 Å². The lowest BCUT2D eigenvalue weighted by molar-refractivity contribution is 0.0908. The van der Waals surface area contributed by atoms with Gasteiger partial charge < -0.3 is 14.5 Å². The van der Waals surface area contributed by atoms with Crippen LogP contribution in [0.15, 0.2) is 40.8 Å². The highest BCUT2D eigenvalue weighted by Gasteiger charge is 2.29. The molecule has 1 aromatic carbocycles. The Morgan fingerprint density at radius 2 is 2.04 bits per heavy atom. The van der Waals surface area contributed by atoms with Crippen molar-refractivity contribution < 1.29 is 22.4 Å². The van der Waals surface area contributed by atoms with Crippen LogP contribution in [0.3, 0.4) is 0 Å². The van der Waals surface area contributed by atoms with Gasteiger partial charge in [0.05, 0.1) is 16.5 Å². The summed E-state index contributed by atoms with van der Waals surface area (Å²) in [4.78, 5) is 12.1. The number of rotatable bonds is 4. The molecule has 0 saturated carbocycles. The normalized spacial score (nSPS) is 19.4. The number of furan rings is 1. The van der Waals surface area contributed by atoms with E-state index >= 15 is 0 Å². The molecule has 2 heterocycles. The molecule has 1 aromatic heterocycles. The van der Waals surface area contributed by atoms with E-state index in [1.54, 1.807) is 24.3 Å². The maximum absolute atomic E-state index is 12.1. The molecule has 1 saturated heterocycles. The standard InChI is InChI=1S/C15H14ClNO5S/c16-11-3-1-2-4-12(11)21-14-6-5-13(22-14)15(18)17-10-7-8-23(19,20)9-10/h1-6,10H,7-9H2,(H,17,18)/t10-/m1/s1. The van der Waals surface area contributed by atoms with Gasteiger partial charge in [-0.3, -0.25) is 4.79 Å². The molecule has 0 unspecified atom stereocenters. The second-order valence-corrected chi connectivity index (χ2v) is 7.86. The first-order valence-corrected chi connectivity index (χ1v) is 9.16. The van der Waals surface area contributed by atoms with Crippen LogP contribution < -0.4 is 10.1 Å². The third kappa shape index (κ3) is 3.86. The quantitative estimate of drug-likeness (QED) is 0.911. The average Bonchev–Trinajstić information content (AvgIpc) is 3.08.